The van der Waals surface area contributed by atoms with E-state index in [9.17, 15) is 4.79 Å². The standard InChI is InChI=1S/C18H24N4O2/c1-3-24-16-9-11-21(12-10-16)18(23)19-17-14(2)13-22(20-17)15-7-5-4-6-8-15/h4-8,13,16H,3,9-12H2,1-2H3,(H,19,20,23). The molecular weight excluding hydrogens is 304 g/mol. The summed E-state index contributed by atoms with van der Waals surface area (Å²) in [6.07, 6.45) is 3.97. The molecule has 0 radical (unpaired) electrons. The molecule has 0 atom stereocenters. The number of carbonyl (C=O) groups is 1. The van der Waals surface area contributed by atoms with Gasteiger partial charge in [-0.25, -0.2) is 9.48 Å². The van der Waals surface area contributed by atoms with Gasteiger partial charge in [-0.15, -0.1) is 5.10 Å². The van der Waals surface area contributed by atoms with Crippen LogP contribution >= 0.6 is 0 Å². The van der Waals surface area contributed by atoms with Crippen molar-refractivity contribution >= 4 is 11.8 Å². The third-order valence-electron chi connectivity index (χ3n) is 4.27. The number of hydrogen-bond acceptors (Lipinski definition) is 3. The summed E-state index contributed by atoms with van der Waals surface area (Å²) in [7, 11) is 0. The molecule has 1 N–H and O–H groups in total. The highest BCUT2D eigenvalue weighted by Crippen LogP contribution is 2.18. The largest absolute Gasteiger partial charge is 0.378 e. The fraction of sp³-hybridized carbons (Fsp3) is 0.444. The Morgan fingerprint density at radius 2 is 2.00 bits per heavy atom. The average Bonchev–Trinajstić information content (AvgIpc) is 2.97. The lowest BCUT2D eigenvalue weighted by Crippen LogP contribution is -2.43. The van der Waals surface area contributed by atoms with E-state index in [4.69, 9.17) is 4.74 Å². The molecule has 1 aliphatic heterocycles. The molecular formula is C18H24N4O2. The second-order valence-corrected chi connectivity index (χ2v) is 6.01. The summed E-state index contributed by atoms with van der Waals surface area (Å²) in [5.41, 5.74) is 1.91. The van der Waals surface area contributed by atoms with Crippen molar-refractivity contribution in [2.45, 2.75) is 32.8 Å². The summed E-state index contributed by atoms with van der Waals surface area (Å²) in [6.45, 7) is 6.12. The number of nitrogens with one attached hydrogen (secondary N) is 1. The summed E-state index contributed by atoms with van der Waals surface area (Å²) in [5.74, 6) is 0.607. The predicted molar refractivity (Wildman–Crippen MR) is 93.5 cm³/mol. The van der Waals surface area contributed by atoms with Gasteiger partial charge >= 0.3 is 6.03 Å². The van der Waals surface area contributed by atoms with Gasteiger partial charge in [0.15, 0.2) is 5.82 Å². The lowest BCUT2D eigenvalue weighted by molar-refractivity contribution is 0.0232. The van der Waals surface area contributed by atoms with Crippen molar-refractivity contribution in [2.75, 3.05) is 25.0 Å². The zero-order chi connectivity index (χ0) is 16.9. The molecule has 3 rings (SSSR count). The number of urea groups is 1. The van der Waals surface area contributed by atoms with Gasteiger partial charge in [-0.2, -0.15) is 0 Å². The number of likely N-dealkylation sites (tertiary alicyclic amines) is 1. The van der Waals surface area contributed by atoms with Gasteiger partial charge in [0.1, 0.15) is 0 Å². The first-order chi connectivity index (χ1) is 11.7. The van der Waals surface area contributed by atoms with Crippen LogP contribution in [-0.4, -0.2) is 46.5 Å². The molecule has 0 saturated carbocycles. The Bertz CT molecular complexity index is 676. The molecule has 24 heavy (non-hydrogen) atoms. The summed E-state index contributed by atoms with van der Waals surface area (Å²) in [6, 6.07) is 9.77. The number of carbonyl (C=O) groups excluding carboxylic acids is 1. The summed E-state index contributed by atoms with van der Waals surface area (Å²) >= 11 is 0. The van der Waals surface area contributed by atoms with Crippen molar-refractivity contribution in [3.05, 3.63) is 42.1 Å². The fourth-order valence-electron chi connectivity index (χ4n) is 2.94. The number of aryl methyl sites for hydroxylation is 1. The smallest absolute Gasteiger partial charge is 0.323 e. The zero-order valence-electron chi connectivity index (χ0n) is 14.2. The maximum Gasteiger partial charge on any atom is 0.323 e. The van der Waals surface area contributed by atoms with E-state index in [1.165, 1.54) is 0 Å². The molecule has 128 valence electrons. The number of nitrogens with zero attached hydrogens (tertiary/aromatic N) is 3. The molecule has 6 heteroatoms. The molecule has 1 fully saturated rings. The van der Waals surface area contributed by atoms with Gasteiger partial charge in [-0.1, -0.05) is 18.2 Å². The van der Waals surface area contributed by atoms with Crippen LogP contribution in [0.1, 0.15) is 25.3 Å². The Morgan fingerprint density at radius 3 is 2.67 bits per heavy atom. The maximum absolute atomic E-state index is 12.5. The highest BCUT2D eigenvalue weighted by molar-refractivity contribution is 5.89. The zero-order valence-corrected chi connectivity index (χ0v) is 14.2. The van der Waals surface area contributed by atoms with Crippen LogP contribution in [0.15, 0.2) is 36.5 Å². The van der Waals surface area contributed by atoms with E-state index in [1.54, 1.807) is 4.68 Å². The van der Waals surface area contributed by atoms with Crippen LogP contribution in [0.3, 0.4) is 0 Å². The van der Waals surface area contributed by atoms with E-state index in [0.29, 0.717) is 5.82 Å². The van der Waals surface area contributed by atoms with Crippen LogP contribution in [0, 0.1) is 6.92 Å². The molecule has 0 aliphatic carbocycles. The highest BCUT2D eigenvalue weighted by atomic mass is 16.5. The number of hydrogen-bond donors (Lipinski definition) is 1. The van der Waals surface area contributed by atoms with E-state index < -0.39 is 0 Å². The molecule has 1 aliphatic rings. The van der Waals surface area contributed by atoms with Gasteiger partial charge in [0.2, 0.25) is 0 Å². The second kappa shape index (κ2) is 7.49. The van der Waals surface area contributed by atoms with E-state index >= 15 is 0 Å². The third kappa shape index (κ3) is 3.76. The van der Waals surface area contributed by atoms with Crippen LogP contribution in [-0.2, 0) is 4.74 Å². The van der Waals surface area contributed by atoms with Crippen LogP contribution in [0.4, 0.5) is 10.6 Å². The predicted octanol–water partition coefficient (Wildman–Crippen LogP) is 3.21. The summed E-state index contributed by atoms with van der Waals surface area (Å²) < 4.78 is 7.41. The van der Waals surface area contributed by atoms with E-state index in [-0.39, 0.29) is 12.1 Å². The number of aromatic nitrogens is 2. The number of rotatable bonds is 4. The minimum Gasteiger partial charge on any atom is -0.378 e. The van der Waals surface area contributed by atoms with Crippen molar-refractivity contribution in [3.8, 4) is 5.69 Å². The Hall–Kier alpha value is -2.34. The van der Waals surface area contributed by atoms with E-state index in [1.807, 2.05) is 55.3 Å². The molecule has 0 bridgehead atoms. The summed E-state index contributed by atoms with van der Waals surface area (Å²) in [4.78, 5) is 14.3. The molecule has 2 aromatic rings. The molecule has 2 heterocycles. The monoisotopic (exact) mass is 328 g/mol. The van der Waals surface area contributed by atoms with Crippen molar-refractivity contribution in [2.24, 2.45) is 0 Å². The topological polar surface area (TPSA) is 59.4 Å². The molecule has 0 spiro atoms. The number of anilines is 1. The van der Waals surface area contributed by atoms with Gasteiger partial charge in [0.05, 0.1) is 11.8 Å². The van der Waals surface area contributed by atoms with E-state index in [2.05, 4.69) is 10.4 Å². The average molecular weight is 328 g/mol. The molecule has 1 aromatic heterocycles. The van der Waals surface area contributed by atoms with Gasteiger partial charge in [-0.05, 0) is 38.8 Å². The molecule has 2 amide bonds. The Morgan fingerprint density at radius 1 is 1.29 bits per heavy atom. The van der Waals surface area contributed by atoms with Crippen molar-refractivity contribution in [3.63, 3.8) is 0 Å². The molecule has 1 aromatic carbocycles. The van der Waals surface area contributed by atoms with Gasteiger partial charge in [0, 0.05) is 31.5 Å². The normalized spacial score (nSPS) is 15.5. The first-order valence-corrected chi connectivity index (χ1v) is 8.46. The minimum absolute atomic E-state index is 0.0913. The number of ether oxygens (including phenoxy) is 1. The lowest BCUT2D eigenvalue weighted by Gasteiger charge is -2.31. The molecule has 1 saturated heterocycles. The van der Waals surface area contributed by atoms with Crippen LogP contribution in [0.2, 0.25) is 0 Å². The number of para-hydroxylation sites is 1. The lowest BCUT2D eigenvalue weighted by atomic mass is 10.1. The number of amides is 2. The molecule has 6 nitrogen and oxygen atoms in total. The van der Waals surface area contributed by atoms with E-state index in [0.717, 1.165) is 43.8 Å². The maximum atomic E-state index is 12.5. The minimum atomic E-state index is -0.0913. The first-order valence-electron chi connectivity index (χ1n) is 8.46. The van der Waals surface area contributed by atoms with Crippen molar-refractivity contribution < 1.29 is 9.53 Å². The second-order valence-electron chi connectivity index (χ2n) is 6.01. The fourth-order valence-corrected chi connectivity index (χ4v) is 2.94. The molecule has 0 unspecified atom stereocenters. The highest BCUT2D eigenvalue weighted by Gasteiger charge is 2.23. The summed E-state index contributed by atoms with van der Waals surface area (Å²) in [5, 5.41) is 7.42. The number of benzene rings is 1. The van der Waals surface area contributed by atoms with Crippen LogP contribution in [0.25, 0.3) is 5.69 Å². The third-order valence-corrected chi connectivity index (χ3v) is 4.27. The quantitative estimate of drug-likeness (QED) is 0.937. The number of piperidine rings is 1. The Balaban J connectivity index is 1.62. The SMILES string of the molecule is CCOC1CCN(C(=O)Nc2nn(-c3ccccc3)cc2C)CC1. The van der Waals surface area contributed by atoms with Crippen LogP contribution in [0.5, 0.6) is 0 Å². The van der Waals surface area contributed by atoms with Gasteiger partial charge < -0.3 is 9.64 Å². The van der Waals surface area contributed by atoms with Crippen LogP contribution < -0.4 is 5.32 Å². The Kier molecular flexibility index (Phi) is 5.15. The van der Waals surface area contributed by atoms with Gasteiger partial charge in [0.25, 0.3) is 0 Å². The van der Waals surface area contributed by atoms with Gasteiger partial charge in [-0.3, -0.25) is 5.32 Å². The Labute approximate surface area is 142 Å². The van der Waals surface area contributed by atoms with Crippen molar-refractivity contribution in [1.29, 1.82) is 0 Å². The van der Waals surface area contributed by atoms with Crippen molar-refractivity contribution in [1.82, 2.24) is 14.7 Å². The first kappa shape index (κ1) is 16.5.